The van der Waals surface area contributed by atoms with Gasteiger partial charge in [-0.2, -0.15) is 0 Å². The zero-order valence-corrected chi connectivity index (χ0v) is 23.8. The van der Waals surface area contributed by atoms with Crippen LogP contribution in [0.4, 0.5) is 17.1 Å². The molecule has 3 aliphatic heterocycles. The first-order chi connectivity index (χ1) is 20.7. The minimum Gasteiger partial charge on any atom is -0.458 e. The molecule has 0 atom stereocenters. The Labute approximate surface area is 251 Å². The number of nitrogens with zero attached hydrogens (tertiary/aromatic N) is 1. The zero-order chi connectivity index (χ0) is 27.8. The Balaban J connectivity index is 1.20. The van der Waals surface area contributed by atoms with E-state index in [2.05, 4.69) is 93.6 Å². The topological polar surface area (TPSA) is 30.9 Å². The van der Waals surface area contributed by atoms with E-state index in [0.29, 0.717) is 0 Å². The van der Waals surface area contributed by atoms with E-state index in [1.165, 1.54) is 0 Å². The van der Waals surface area contributed by atoms with Crippen LogP contribution in [-0.4, -0.2) is 6.71 Å². The maximum Gasteiger partial charge on any atom is 0.260 e. The Morgan fingerprint density at radius 1 is 0.524 bits per heavy atom. The monoisotopic (exact) mass is 605 g/mol. The van der Waals surface area contributed by atoms with E-state index >= 15 is 0 Å². The molecule has 3 heterocycles. The van der Waals surface area contributed by atoms with Crippen LogP contribution in [0.3, 0.4) is 0 Å². The number of hydrogen-bond donors (Lipinski definition) is 0. The molecular weight excluding hydrogens is 585 g/mol. The molecule has 0 saturated carbocycles. The second kappa shape index (κ2) is 9.03. The van der Waals surface area contributed by atoms with E-state index in [4.69, 9.17) is 14.2 Å². The standard InChI is InChI=1S/C36H21BBrNO3/c38-27-21-24(35-34-36(27)42-31-14-6-2-10-26(31)37(34)25-9-1-5-13-30(25)41-35)22-17-19-23(20-18-22)39-28-11-3-7-15-32(28)40-33-16-8-4-12-29(33)39/h1-21H. The van der Waals surface area contributed by atoms with E-state index in [0.717, 1.165) is 83.5 Å². The minimum absolute atomic E-state index is 0.0155. The third kappa shape index (κ3) is 3.42. The van der Waals surface area contributed by atoms with Crippen molar-refractivity contribution in [1.29, 1.82) is 0 Å². The van der Waals surface area contributed by atoms with Crippen LogP contribution in [-0.2, 0) is 0 Å². The van der Waals surface area contributed by atoms with Crippen molar-refractivity contribution in [2.45, 2.75) is 0 Å². The van der Waals surface area contributed by atoms with Crippen LogP contribution in [0.25, 0.3) is 11.1 Å². The van der Waals surface area contributed by atoms with Crippen molar-refractivity contribution in [2.24, 2.45) is 0 Å². The Morgan fingerprint density at radius 2 is 1.05 bits per heavy atom. The lowest BCUT2D eigenvalue weighted by Crippen LogP contribution is -2.57. The third-order valence-electron chi connectivity index (χ3n) is 8.26. The average molecular weight is 606 g/mol. The number of ether oxygens (including phenoxy) is 3. The third-order valence-corrected chi connectivity index (χ3v) is 8.85. The van der Waals surface area contributed by atoms with Crippen molar-refractivity contribution in [3.05, 3.63) is 132 Å². The summed E-state index contributed by atoms with van der Waals surface area (Å²) >= 11 is 3.85. The molecule has 0 radical (unpaired) electrons. The molecule has 6 aromatic rings. The number of benzene rings is 6. The Bertz CT molecular complexity index is 2000. The van der Waals surface area contributed by atoms with Crippen LogP contribution < -0.4 is 35.5 Å². The van der Waals surface area contributed by atoms with Crippen molar-refractivity contribution in [3.8, 4) is 45.6 Å². The predicted octanol–water partition coefficient (Wildman–Crippen LogP) is 8.42. The molecule has 42 heavy (non-hydrogen) atoms. The molecule has 0 aliphatic carbocycles. The molecule has 0 bridgehead atoms. The van der Waals surface area contributed by atoms with Crippen LogP contribution in [0.5, 0.6) is 34.5 Å². The molecule has 0 amide bonds. The van der Waals surface area contributed by atoms with Crippen LogP contribution >= 0.6 is 15.9 Å². The second-order valence-electron chi connectivity index (χ2n) is 10.6. The van der Waals surface area contributed by atoms with Gasteiger partial charge in [0.25, 0.3) is 6.71 Å². The van der Waals surface area contributed by atoms with Crippen molar-refractivity contribution in [2.75, 3.05) is 4.90 Å². The van der Waals surface area contributed by atoms with Crippen LogP contribution in [0.1, 0.15) is 0 Å². The molecule has 198 valence electrons. The molecule has 4 nitrogen and oxygen atoms in total. The van der Waals surface area contributed by atoms with Crippen LogP contribution in [0.2, 0.25) is 0 Å². The van der Waals surface area contributed by atoms with Crippen molar-refractivity contribution < 1.29 is 14.2 Å². The quantitative estimate of drug-likeness (QED) is 0.185. The van der Waals surface area contributed by atoms with Gasteiger partial charge in [-0.25, -0.2) is 0 Å². The summed E-state index contributed by atoms with van der Waals surface area (Å²) in [6, 6.07) is 43.6. The first kappa shape index (κ1) is 23.7. The van der Waals surface area contributed by atoms with E-state index in [9.17, 15) is 0 Å². The predicted molar refractivity (Wildman–Crippen MR) is 172 cm³/mol. The van der Waals surface area contributed by atoms with Gasteiger partial charge in [-0.1, -0.05) is 72.8 Å². The summed E-state index contributed by atoms with van der Waals surface area (Å²) in [5, 5.41) is 0. The first-order valence-electron chi connectivity index (χ1n) is 13.9. The Kier molecular flexibility index (Phi) is 5.11. The highest BCUT2D eigenvalue weighted by Gasteiger charge is 2.42. The number of anilines is 3. The zero-order valence-electron chi connectivity index (χ0n) is 22.3. The smallest absolute Gasteiger partial charge is 0.260 e. The lowest BCUT2D eigenvalue weighted by molar-refractivity contribution is 0.463. The van der Waals surface area contributed by atoms with Gasteiger partial charge in [0.2, 0.25) is 0 Å². The van der Waals surface area contributed by atoms with E-state index in [1.54, 1.807) is 0 Å². The number of para-hydroxylation sites is 6. The molecule has 0 spiro atoms. The molecular formula is C36H21BBrNO3. The fourth-order valence-corrected chi connectivity index (χ4v) is 6.94. The maximum atomic E-state index is 6.69. The molecule has 0 N–H and O–H groups in total. The fourth-order valence-electron chi connectivity index (χ4n) is 6.42. The molecule has 3 aliphatic rings. The van der Waals surface area contributed by atoms with E-state index < -0.39 is 0 Å². The normalized spacial score (nSPS) is 13.4. The van der Waals surface area contributed by atoms with Gasteiger partial charge >= 0.3 is 0 Å². The van der Waals surface area contributed by atoms with Crippen LogP contribution in [0, 0.1) is 0 Å². The summed E-state index contributed by atoms with van der Waals surface area (Å²) in [6.45, 7) is 0.0155. The number of fused-ring (bicyclic) bond motifs is 6. The maximum absolute atomic E-state index is 6.69. The summed E-state index contributed by atoms with van der Waals surface area (Å²) < 4.78 is 20.3. The number of hydrogen-bond acceptors (Lipinski definition) is 4. The number of rotatable bonds is 2. The second-order valence-corrected chi connectivity index (χ2v) is 11.5. The van der Waals surface area contributed by atoms with Gasteiger partial charge < -0.3 is 19.1 Å². The largest absolute Gasteiger partial charge is 0.458 e. The van der Waals surface area contributed by atoms with Gasteiger partial charge in [-0.3, -0.25) is 0 Å². The number of halogens is 1. The lowest BCUT2D eigenvalue weighted by Gasteiger charge is -2.34. The molecule has 0 aromatic heterocycles. The molecule has 0 fully saturated rings. The van der Waals surface area contributed by atoms with Gasteiger partial charge in [0, 0.05) is 16.7 Å². The highest BCUT2D eigenvalue weighted by molar-refractivity contribution is 9.10. The minimum atomic E-state index is 0.0155. The van der Waals surface area contributed by atoms with Gasteiger partial charge in [-0.15, -0.1) is 0 Å². The van der Waals surface area contributed by atoms with E-state index in [1.807, 2.05) is 54.6 Å². The SMILES string of the molecule is Brc1cc(-c2ccc(N3c4ccccc4Oc4ccccc43)cc2)c2c3c1Oc1ccccc1B3c1ccccc1O2. The Morgan fingerprint density at radius 3 is 1.67 bits per heavy atom. The lowest BCUT2D eigenvalue weighted by atomic mass is 9.34. The molecule has 0 unspecified atom stereocenters. The summed E-state index contributed by atoms with van der Waals surface area (Å²) in [5.74, 6) is 5.07. The molecule has 6 aromatic carbocycles. The van der Waals surface area contributed by atoms with Gasteiger partial charge in [0.05, 0.1) is 15.8 Å². The fraction of sp³-hybridized carbons (Fsp3) is 0. The van der Waals surface area contributed by atoms with Gasteiger partial charge in [0.1, 0.15) is 23.0 Å². The van der Waals surface area contributed by atoms with Crippen molar-refractivity contribution in [3.63, 3.8) is 0 Å². The summed E-state index contributed by atoms with van der Waals surface area (Å²) in [6.07, 6.45) is 0. The molecule has 0 saturated heterocycles. The highest BCUT2D eigenvalue weighted by Crippen LogP contribution is 2.51. The highest BCUT2D eigenvalue weighted by atomic mass is 79.9. The van der Waals surface area contributed by atoms with Gasteiger partial charge in [0.15, 0.2) is 11.5 Å². The van der Waals surface area contributed by atoms with Gasteiger partial charge in [-0.05, 0) is 87.0 Å². The summed E-state index contributed by atoms with van der Waals surface area (Å²) in [4.78, 5) is 2.25. The summed E-state index contributed by atoms with van der Waals surface area (Å²) in [7, 11) is 0. The van der Waals surface area contributed by atoms with E-state index in [-0.39, 0.29) is 6.71 Å². The van der Waals surface area contributed by atoms with Crippen molar-refractivity contribution in [1.82, 2.24) is 0 Å². The first-order valence-corrected chi connectivity index (χ1v) is 14.7. The Hall–Kier alpha value is -4.94. The molecule has 6 heteroatoms. The van der Waals surface area contributed by atoms with Crippen LogP contribution in [0.15, 0.2) is 132 Å². The average Bonchev–Trinajstić information content (AvgIpc) is 3.05. The summed E-state index contributed by atoms with van der Waals surface area (Å²) in [5.41, 5.74) is 8.48. The van der Waals surface area contributed by atoms with Crippen molar-refractivity contribution >= 4 is 56.1 Å². The molecule has 9 rings (SSSR count).